The van der Waals surface area contributed by atoms with Gasteiger partial charge in [0.25, 0.3) is 0 Å². The fourth-order valence-electron chi connectivity index (χ4n) is 2.92. The van der Waals surface area contributed by atoms with E-state index in [-0.39, 0.29) is 23.5 Å². The van der Waals surface area contributed by atoms with Crippen LogP contribution in [-0.2, 0) is 9.53 Å². The van der Waals surface area contributed by atoms with Gasteiger partial charge in [-0.2, -0.15) is 0 Å². The van der Waals surface area contributed by atoms with Gasteiger partial charge in [-0.3, -0.25) is 4.79 Å². The Morgan fingerprint density at radius 1 is 1.33 bits per heavy atom. The van der Waals surface area contributed by atoms with E-state index in [2.05, 4.69) is 0 Å². The standard InChI is InChI=1S/C14H26N2O2/c1-14(2,3)12(15)13(17)16-8-9-18-11-7-5-4-6-10(11)16/h10-12H,4-9,15H2,1-3H3/t10-,11-,12+/m0/s1. The SMILES string of the molecule is CC(C)(C)[C@H](N)C(=O)N1CCO[C@H]2CCCC[C@@H]21. The van der Waals surface area contributed by atoms with Gasteiger partial charge in [0.15, 0.2) is 0 Å². The van der Waals surface area contributed by atoms with E-state index in [1.54, 1.807) is 0 Å². The van der Waals surface area contributed by atoms with Crippen LogP contribution in [0.5, 0.6) is 0 Å². The molecule has 2 aliphatic rings. The van der Waals surface area contributed by atoms with Gasteiger partial charge in [0.05, 0.1) is 24.8 Å². The molecule has 0 aromatic heterocycles. The zero-order valence-electron chi connectivity index (χ0n) is 11.8. The number of rotatable bonds is 1. The summed E-state index contributed by atoms with van der Waals surface area (Å²) >= 11 is 0. The highest BCUT2D eigenvalue weighted by molar-refractivity contribution is 5.83. The maximum atomic E-state index is 12.5. The molecule has 2 rings (SSSR count). The fraction of sp³-hybridized carbons (Fsp3) is 0.929. The largest absolute Gasteiger partial charge is 0.374 e. The molecule has 104 valence electrons. The van der Waals surface area contributed by atoms with Gasteiger partial charge in [0.1, 0.15) is 0 Å². The van der Waals surface area contributed by atoms with Crippen LogP contribution in [-0.4, -0.2) is 42.1 Å². The third-order valence-electron chi connectivity index (χ3n) is 4.21. The molecule has 18 heavy (non-hydrogen) atoms. The van der Waals surface area contributed by atoms with E-state index < -0.39 is 6.04 Å². The number of nitrogens with zero attached hydrogens (tertiary/aromatic N) is 1. The minimum atomic E-state index is -0.418. The third-order valence-corrected chi connectivity index (χ3v) is 4.21. The summed E-state index contributed by atoms with van der Waals surface area (Å²) in [5, 5.41) is 0. The van der Waals surface area contributed by atoms with E-state index >= 15 is 0 Å². The molecule has 4 nitrogen and oxygen atoms in total. The summed E-state index contributed by atoms with van der Waals surface area (Å²) in [4.78, 5) is 14.5. The maximum absolute atomic E-state index is 12.5. The molecule has 1 saturated carbocycles. The number of morpholine rings is 1. The van der Waals surface area contributed by atoms with Gasteiger partial charge < -0.3 is 15.4 Å². The summed E-state index contributed by atoms with van der Waals surface area (Å²) in [5.74, 6) is 0.0997. The number of hydrogen-bond acceptors (Lipinski definition) is 3. The Labute approximate surface area is 110 Å². The summed E-state index contributed by atoms with van der Waals surface area (Å²) in [7, 11) is 0. The molecular formula is C14H26N2O2. The third kappa shape index (κ3) is 2.69. The lowest BCUT2D eigenvalue weighted by atomic mass is 9.84. The van der Waals surface area contributed by atoms with E-state index in [0.717, 1.165) is 12.8 Å². The topological polar surface area (TPSA) is 55.6 Å². The minimum Gasteiger partial charge on any atom is -0.374 e. The first-order valence-corrected chi connectivity index (χ1v) is 7.09. The highest BCUT2D eigenvalue weighted by Gasteiger charge is 2.40. The Bertz CT molecular complexity index is 309. The average Bonchev–Trinajstić information content (AvgIpc) is 2.35. The van der Waals surface area contributed by atoms with Gasteiger partial charge in [-0.25, -0.2) is 0 Å². The second kappa shape index (κ2) is 5.17. The highest BCUT2D eigenvalue weighted by atomic mass is 16.5. The van der Waals surface area contributed by atoms with E-state index in [1.165, 1.54) is 12.8 Å². The van der Waals surface area contributed by atoms with Crippen LogP contribution in [0.3, 0.4) is 0 Å². The molecule has 1 aliphatic heterocycles. The second-order valence-corrected chi connectivity index (χ2v) is 6.64. The number of fused-ring (bicyclic) bond motifs is 1. The van der Waals surface area contributed by atoms with Gasteiger partial charge >= 0.3 is 0 Å². The number of ether oxygens (including phenoxy) is 1. The van der Waals surface area contributed by atoms with Crippen molar-refractivity contribution in [1.29, 1.82) is 0 Å². The Kier molecular flexibility index (Phi) is 3.97. The van der Waals surface area contributed by atoms with Gasteiger partial charge in [-0.1, -0.05) is 33.6 Å². The summed E-state index contributed by atoms with van der Waals surface area (Å²) in [6.45, 7) is 7.42. The molecule has 1 aliphatic carbocycles. The molecule has 1 amide bonds. The van der Waals surface area contributed by atoms with Gasteiger partial charge in [0.2, 0.25) is 5.91 Å². The minimum absolute atomic E-state index is 0.0997. The Morgan fingerprint density at radius 2 is 2.00 bits per heavy atom. The molecule has 0 spiro atoms. The Morgan fingerprint density at radius 3 is 2.67 bits per heavy atom. The predicted molar refractivity (Wildman–Crippen MR) is 71.1 cm³/mol. The van der Waals surface area contributed by atoms with Crippen molar-refractivity contribution in [2.24, 2.45) is 11.1 Å². The zero-order valence-corrected chi connectivity index (χ0v) is 11.8. The molecule has 0 aromatic rings. The van der Waals surface area contributed by atoms with Gasteiger partial charge in [0, 0.05) is 6.54 Å². The van der Waals surface area contributed by atoms with E-state index in [1.807, 2.05) is 25.7 Å². The molecule has 0 unspecified atom stereocenters. The van der Waals surface area contributed by atoms with E-state index in [0.29, 0.717) is 13.2 Å². The molecular weight excluding hydrogens is 228 g/mol. The molecule has 1 saturated heterocycles. The number of nitrogens with two attached hydrogens (primary N) is 1. The van der Waals surface area contributed by atoms with Crippen molar-refractivity contribution in [1.82, 2.24) is 4.90 Å². The second-order valence-electron chi connectivity index (χ2n) is 6.64. The molecule has 0 bridgehead atoms. The van der Waals surface area contributed by atoms with Crippen LogP contribution in [0.15, 0.2) is 0 Å². The number of amides is 1. The van der Waals surface area contributed by atoms with Crippen LogP contribution >= 0.6 is 0 Å². The summed E-state index contributed by atoms with van der Waals surface area (Å²) in [6, 6.07) is -0.161. The molecule has 0 radical (unpaired) electrons. The lowest BCUT2D eigenvalue weighted by Crippen LogP contribution is -2.60. The van der Waals surface area contributed by atoms with Crippen LogP contribution in [0.4, 0.5) is 0 Å². The lowest BCUT2D eigenvalue weighted by Gasteiger charge is -2.45. The molecule has 4 heteroatoms. The van der Waals surface area contributed by atoms with Gasteiger partial charge in [-0.05, 0) is 18.3 Å². The number of carbonyl (C=O) groups excluding carboxylic acids is 1. The van der Waals surface area contributed by atoms with Crippen molar-refractivity contribution in [3.05, 3.63) is 0 Å². The number of carbonyl (C=O) groups is 1. The van der Waals surface area contributed by atoms with Crippen LogP contribution in [0, 0.1) is 5.41 Å². The average molecular weight is 254 g/mol. The van der Waals surface area contributed by atoms with Crippen molar-refractivity contribution in [2.45, 2.75) is 64.6 Å². The molecule has 0 aromatic carbocycles. The predicted octanol–water partition coefficient (Wildman–Crippen LogP) is 1.53. The van der Waals surface area contributed by atoms with Crippen molar-refractivity contribution in [3.63, 3.8) is 0 Å². The molecule has 1 heterocycles. The van der Waals surface area contributed by atoms with Crippen molar-refractivity contribution >= 4 is 5.91 Å². The van der Waals surface area contributed by atoms with Crippen molar-refractivity contribution in [3.8, 4) is 0 Å². The highest BCUT2D eigenvalue weighted by Crippen LogP contribution is 2.30. The smallest absolute Gasteiger partial charge is 0.240 e. The molecule has 2 N–H and O–H groups in total. The van der Waals surface area contributed by atoms with Crippen LogP contribution in [0.2, 0.25) is 0 Å². The number of hydrogen-bond donors (Lipinski definition) is 1. The normalized spacial score (nSPS) is 30.8. The quantitative estimate of drug-likeness (QED) is 0.772. The summed E-state index contributed by atoms with van der Waals surface area (Å²) in [6.07, 6.45) is 4.80. The Balaban J connectivity index is 2.09. The van der Waals surface area contributed by atoms with Gasteiger partial charge in [-0.15, -0.1) is 0 Å². The van der Waals surface area contributed by atoms with E-state index in [9.17, 15) is 4.79 Å². The van der Waals surface area contributed by atoms with Crippen LogP contribution < -0.4 is 5.73 Å². The van der Waals surface area contributed by atoms with E-state index in [4.69, 9.17) is 10.5 Å². The molecule has 2 fully saturated rings. The maximum Gasteiger partial charge on any atom is 0.240 e. The fourth-order valence-corrected chi connectivity index (χ4v) is 2.92. The first-order valence-electron chi connectivity index (χ1n) is 7.09. The van der Waals surface area contributed by atoms with Crippen LogP contribution in [0.1, 0.15) is 46.5 Å². The Hall–Kier alpha value is -0.610. The molecule has 3 atom stereocenters. The van der Waals surface area contributed by atoms with Crippen molar-refractivity contribution < 1.29 is 9.53 Å². The zero-order chi connectivity index (χ0) is 13.3. The van der Waals surface area contributed by atoms with Crippen LogP contribution in [0.25, 0.3) is 0 Å². The summed E-state index contributed by atoms with van der Waals surface area (Å²) in [5.41, 5.74) is 5.93. The lowest BCUT2D eigenvalue weighted by molar-refractivity contribution is -0.153. The van der Waals surface area contributed by atoms with Crippen molar-refractivity contribution in [2.75, 3.05) is 13.2 Å². The first kappa shape index (κ1) is 13.8. The monoisotopic (exact) mass is 254 g/mol. The first-order chi connectivity index (χ1) is 8.41. The summed E-state index contributed by atoms with van der Waals surface area (Å²) < 4.78 is 5.79.